The summed E-state index contributed by atoms with van der Waals surface area (Å²) < 4.78 is 26.0. The maximum absolute atomic E-state index is 11.8. The van der Waals surface area contributed by atoms with E-state index >= 15 is 0 Å². The average molecular weight is 257 g/mol. The molecule has 17 heavy (non-hydrogen) atoms. The van der Waals surface area contributed by atoms with E-state index in [9.17, 15) is 18.5 Å². The molecule has 0 aliphatic heterocycles. The van der Waals surface area contributed by atoms with Crippen molar-refractivity contribution in [3.63, 3.8) is 0 Å². The van der Waals surface area contributed by atoms with Gasteiger partial charge in [-0.25, -0.2) is 13.1 Å². The molecule has 0 spiro atoms. The minimum atomic E-state index is -3.72. The van der Waals surface area contributed by atoms with Gasteiger partial charge in [-0.3, -0.25) is 10.1 Å². The molecule has 2 rings (SSSR count). The van der Waals surface area contributed by atoms with E-state index in [1.54, 1.807) is 0 Å². The molecule has 0 bridgehead atoms. The van der Waals surface area contributed by atoms with Gasteiger partial charge in [0, 0.05) is 24.2 Å². The molecule has 0 heterocycles. The van der Waals surface area contributed by atoms with E-state index in [1.165, 1.54) is 18.2 Å². The van der Waals surface area contributed by atoms with Crippen molar-refractivity contribution in [2.24, 2.45) is 5.73 Å². The molecule has 1 fully saturated rings. The molecule has 1 aliphatic rings. The number of nitrogens with zero attached hydrogens (tertiary/aromatic N) is 1. The minimum Gasteiger partial charge on any atom is -0.326 e. The Kier molecular flexibility index (Phi) is 2.86. The zero-order valence-electron chi connectivity index (χ0n) is 8.74. The number of nitrogens with two attached hydrogens (primary N) is 1. The van der Waals surface area contributed by atoms with Gasteiger partial charge in [-0.05, 0) is 12.5 Å². The highest BCUT2D eigenvalue weighted by atomic mass is 32.2. The number of nitro benzene ring substituents is 1. The number of nitro groups is 1. The maximum atomic E-state index is 11.8. The molecular formula is C9H11N3O4S. The first kappa shape index (κ1) is 12.0. The summed E-state index contributed by atoms with van der Waals surface area (Å²) in [7, 11) is -3.72. The highest BCUT2D eigenvalue weighted by molar-refractivity contribution is 7.89. The van der Waals surface area contributed by atoms with E-state index in [0.29, 0.717) is 6.42 Å². The summed E-state index contributed by atoms with van der Waals surface area (Å²) >= 11 is 0. The van der Waals surface area contributed by atoms with Gasteiger partial charge in [0.15, 0.2) is 0 Å². The van der Waals surface area contributed by atoms with Crippen molar-refractivity contribution in [2.75, 3.05) is 0 Å². The molecule has 92 valence electrons. The third-order valence-corrected chi connectivity index (χ3v) is 3.97. The van der Waals surface area contributed by atoms with Crippen LogP contribution in [0.25, 0.3) is 0 Å². The standard InChI is InChI=1S/C9H11N3O4S/c10-8-5-9(8)11-17(15,16)7-3-1-2-6(4-7)12(13)14/h1-4,8-9,11H,5,10H2. The van der Waals surface area contributed by atoms with E-state index < -0.39 is 14.9 Å². The first-order valence-corrected chi connectivity index (χ1v) is 6.41. The first-order chi connectivity index (χ1) is 7.90. The molecule has 1 aromatic rings. The summed E-state index contributed by atoms with van der Waals surface area (Å²) in [5.41, 5.74) is 5.24. The fourth-order valence-electron chi connectivity index (χ4n) is 1.38. The Morgan fingerprint density at radius 2 is 2.12 bits per heavy atom. The second-order valence-electron chi connectivity index (χ2n) is 3.88. The van der Waals surface area contributed by atoms with Crippen molar-refractivity contribution in [3.05, 3.63) is 34.4 Å². The van der Waals surface area contributed by atoms with Crippen molar-refractivity contribution < 1.29 is 13.3 Å². The predicted octanol–water partition coefficient (Wildman–Crippen LogP) is -0.0273. The fraction of sp³-hybridized carbons (Fsp3) is 0.333. The van der Waals surface area contributed by atoms with Gasteiger partial charge in [-0.15, -0.1) is 0 Å². The summed E-state index contributed by atoms with van der Waals surface area (Å²) in [5, 5.41) is 10.5. The van der Waals surface area contributed by atoms with Crippen LogP contribution in [0.2, 0.25) is 0 Å². The second-order valence-corrected chi connectivity index (χ2v) is 5.60. The molecule has 8 heteroatoms. The molecular weight excluding hydrogens is 246 g/mol. The summed E-state index contributed by atoms with van der Waals surface area (Å²) in [6, 6.07) is 4.48. The molecule has 0 aromatic heterocycles. The first-order valence-electron chi connectivity index (χ1n) is 4.92. The molecule has 0 radical (unpaired) electrons. The van der Waals surface area contributed by atoms with Crippen molar-refractivity contribution >= 4 is 15.7 Å². The average Bonchev–Trinajstić information content (AvgIpc) is 2.93. The van der Waals surface area contributed by atoms with E-state index in [2.05, 4.69) is 4.72 Å². The van der Waals surface area contributed by atoms with Crippen molar-refractivity contribution in [1.29, 1.82) is 0 Å². The van der Waals surface area contributed by atoms with Crippen LogP contribution in [-0.4, -0.2) is 25.4 Å². The SMILES string of the molecule is NC1CC1NS(=O)(=O)c1cccc([N+](=O)[O-])c1. The largest absolute Gasteiger partial charge is 0.326 e. The van der Waals surface area contributed by atoms with Gasteiger partial charge in [0.2, 0.25) is 10.0 Å². The summed E-state index contributed by atoms with van der Waals surface area (Å²) in [6.07, 6.45) is 0.591. The maximum Gasteiger partial charge on any atom is 0.270 e. The van der Waals surface area contributed by atoms with Crippen molar-refractivity contribution in [1.82, 2.24) is 4.72 Å². The van der Waals surface area contributed by atoms with Gasteiger partial charge in [-0.2, -0.15) is 0 Å². The van der Waals surface area contributed by atoms with Crippen LogP contribution in [-0.2, 0) is 10.0 Å². The second kappa shape index (κ2) is 4.06. The van der Waals surface area contributed by atoms with Gasteiger partial charge in [-0.1, -0.05) is 6.07 Å². The van der Waals surface area contributed by atoms with Crippen LogP contribution in [0, 0.1) is 10.1 Å². The smallest absolute Gasteiger partial charge is 0.270 e. The highest BCUT2D eigenvalue weighted by Crippen LogP contribution is 2.23. The van der Waals surface area contributed by atoms with E-state index in [1.807, 2.05) is 0 Å². The monoisotopic (exact) mass is 257 g/mol. The summed E-state index contributed by atoms with van der Waals surface area (Å²) in [6.45, 7) is 0. The normalized spacial score (nSPS) is 23.4. The number of hydrogen-bond donors (Lipinski definition) is 2. The van der Waals surface area contributed by atoms with Gasteiger partial charge in [0.25, 0.3) is 5.69 Å². The van der Waals surface area contributed by atoms with Crippen LogP contribution >= 0.6 is 0 Å². The number of hydrogen-bond acceptors (Lipinski definition) is 5. The third kappa shape index (κ3) is 2.60. The molecule has 7 nitrogen and oxygen atoms in total. The Labute approximate surface area is 97.8 Å². The molecule has 3 N–H and O–H groups in total. The topological polar surface area (TPSA) is 115 Å². The van der Waals surface area contributed by atoms with Crippen LogP contribution in [0.3, 0.4) is 0 Å². The summed E-state index contributed by atoms with van der Waals surface area (Å²) in [5.74, 6) is 0. The molecule has 1 aromatic carbocycles. The number of nitrogens with one attached hydrogen (secondary N) is 1. The van der Waals surface area contributed by atoms with E-state index in [-0.39, 0.29) is 22.7 Å². The summed E-state index contributed by atoms with van der Waals surface area (Å²) in [4.78, 5) is 9.78. The lowest BCUT2D eigenvalue weighted by atomic mass is 10.3. The highest BCUT2D eigenvalue weighted by Gasteiger charge is 2.37. The zero-order chi connectivity index (χ0) is 12.6. The molecule has 0 amide bonds. The Hall–Kier alpha value is -1.51. The van der Waals surface area contributed by atoms with Crippen LogP contribution in [0.15, 0.2) is 29.2 Å². The fourth-order valence-corrected chi connectivity index (χ4v) is 2.72. The molecule has 2 atom stereocenters. The molecule has 1 aliphatic carbocycles. The number of benzene rings is 1. The van der Waals surface area contributed by atoms with Gasteiger partial charge in [0.05, 0.1) is 9.82 Å². The van der Waals surface area contributed by atoms with E-state index in [4.69, 9.17) is 5.73 Å². The lowest BCUT2D eigenvalue weighted by Crippen LogP contribution is -2.29. The van der Waals surface area contributed by atoms with Crippen LogP contribution in [0.5, 0.6) is 0 Å². The minimum absolute atomic E-state index is 0.120. The third-order valence-electron chi connectivity index (χ3n) is 2.49. The van der Waals surface area contributed by atoms with Crippen LogP contribution in [0.4, 0.5) is 5.69 Å². The lowest BCUT2D eigenvalue weighted by Gasteiger charge is -2.05. The molecule has 0 saturated heterocycles. The molecule has 2 unspecified atom stereocenters. The molecule has 1 saturated carbocycles. The van der Waals surface area contributed by atoms with E-state index in [0.717, 1.165) is 6.07 Å². The van der Waals surface area contributed by atoms with Crippen molar-refractivity contribution in [2.45, 2.75) is 23.4 Å². The van der Waals surface area contributed by atoms with Crippen LogP contribution < -0.4 is 10.5 Å². The predicted molar refractivity (Wildman–Crippen MR) is 59.8 cm³/mol. The van der Waals surface area contributed by atoms with Gasteiger partial charge >= 0.3 is 0 Å². The Morgan fingerprint density at radius 3 is 2.65 bits per heavy atom. The Balaban J connectivity index is 2.26. The number of rotatable bonds is 4. The Bertz CT molecular complexity index is 557. The number of non-ortho nitro benzene ring substituents is 1. The zero-order valence-corrected chi connectivity index (χ0v) is 9.55. The number of sulfonamides is 1. The van der Waals surface area contributed by atoms with Crippen LogP contribution in [0.1, 0.15) is 6.42 Å². The van der Waals surface area contributed by atoms with Gasteiger partial charge in [0.1, 0.15) is 0 Å². The van der Waals surface area contributed by atoms with Gasteiger partial charge < -0.3 is 5.73 Å². The van der Waals surface area contributed by atoms with Crippen molar-refractivity contribution in [3.8, 4) is 0 Å². The Morgan fingerprint density at radius 1 is 1.47 bits per heavy atom. The lowest BCUT2D eigenvalue weighted by molar-refractivity contribution is -0.385. The quantitative estimate of drug-likeness (QED) is 0.580.